The number of carbonyl (C=O) groups excluding carboxylic acids is 1. The monoisotopic (exact) mass is 425 g/mol. The van der Waals surface area contributed by atoms with Crippen LogP contribution in [0.15, 0.2) is 36.4 Å². The molecule has 2 heterocycles. The molecule has 1 aliphatic heterocycles. The van der Waals surface area contributed by atoms with E-state index >= 15 is 0 Å². The fourth-order valence-electron chi connectivity index (χ4n) is 3.63. The number of hydrogen-bond acceptors (Lipinski definition) is 5. The number of amides is 1. The van der Waals surface area contributed by atoms with Crippen LogP contribution in [-0.2, 0) is 22.3 Å². The Balaban J connectivity index is 1.75. The molecular formula is C22H23N3O4S. The Bertz CT molecular complexity index is 1170. The molecule has 0 fully saturated rings. The quantitative estimate of drug-likeness (QED) is 0.676. The van der Waals surface area contributed by atoms with Crippen LogP contribution in [0, 0.1) is 13.8 Å². The predicted octanol–water partition coefficient (Wildman–Crippen LogP) is 3.52. The second-order valence-electron chi connectivity index (χ2n) is 7.23. The Kier molecular flexibility index (Phi) is 5.34. The van der Waals surface area contributed by atoms with Crippen LogP contribution in [0.2, 0.25) is 0 Å². The van der Waals surface area contributed by atoms with Crippen molar-refractivity contribution in [2.24, 2.45) is 0 Å². The Hall–Kier alpha value is -3.13. The molecule has 8 heteroatoms. The molecule has 1 atom stereocenters. The lowest BCUT2D eigenvalue weighted by molar-refractivity contribution is 0.102. The SMILES string of the molecule is COc1ccc(C(=O)Nc2c3c(nn2-c2ccc(C)cc2C)CS(=O)C3)cc1OC. The number of nitrogens with zero attached hydrogens (tertiary/aromatic N) is 2. The van der Waals surface area contributed by atoms with Gasteiger partial charge in [-0.2, -0.15) is 5.10 Å². The number of rotatable bonds is 5. The van der Waals surface area contributed by atoms with Gasteiger partial charge in [0.1, 0.15) is 5.82 Å². The summed E-state index contributed by atoms with van der Waals surface area (Å²) in [5, 5.41) is 7.66. The number of nitrogens with one attached hydrogen (secondary N) is 1. The van der Waals surface area contributed by atoms with Crippen LogP contribution >= 0.6 is 0 Å². The number of anilines is 1. The molecule has 1 N–H and O–H groups in total. The molecule has 0 aliphatic carbocycles. The maximum atomic E-state index is 13.1. The van der Waals surface area contributed by atoms with Crippen LogP contribution in [0.25, 0.3) is 5.69 Å². The van der Waals surface area contributed by atoms with Gasteiger partial charge in [0.2, 0.25) is 0 Å². The topological polar surface area (TPSA) is 82.5 Å². The van der Waals surface area contributed by atoms with E-state index in [1.165, 1.54) is 7.11 Å². The fraction of sp³-hybridized carbons (Fsp3) is 0.273. The van der Waals surface area contributed by atoms with E-state index in [1.54, 1.807) is 30.0 Å². The molecule has 156 valence electrons. The standard InChI is InChI=1S/C22H23N3O4S/c1-13-5-7-18(14(2)9-13)25-21(16-11-30(27)12-17(16)24-25)23-22(26)15-6-8-19(28-3)20(10-15)29-4/h5-10H,11-12H2,1-4H3,(H,23,26). The smallest absolute Gasteiger partial charge is 0.256 e. The minimum absolute atomic E-state index is 0.303. The molecule has 1 aromatic heterocycles. The van der Waals surface area contributed by atoms with Gasteiger partial charge < -0.3 is 14.8 Å². The average molecular weight is 426 g/mol. The fourth-order valence-corrected chi connectivity index (χ4v) is 4.89. The lowest BCUT2D eigenvalue weighted by Gasteiger charge is -2.14. The van der Waals surface area contributed by atoms with Gasteiger partial charge in [-0.05, 0) is 43.7 Å². The van der Waals surface area contributed by atoms with Crippen molar-refractivity contribution < 1.29 is 18.5 Å². The second-order valence-corrected chi connectivity index (χ2v) is 8.68. The van der Waals surface area contributed by atoms with Crippen molar-refractivity contribution in [3.63, 3.8) is 0 Å². The summed E-state index contributed by atoms with van der Waals surface area (Å²) in [4.78, 5) is 13.1. The minimum Gasteiger partial charge on any atom is -0.493 e. The highest BCUT2D eigenvalue weighted by Gasteiger charge is 2.29. The molecule has 0 saturated carbocycles. The number of hydrogen-bond donors (Lipinski definition) is 1. The van der Waals surface area contributed by atoms with Crippen LogP contribution in [0.4, 0.5) is 5.82 Å². The zero-order valence-corrected chi connectivity index (χ0v) is 18.1. The second kappa shape index (κ2) is 7.95. The molecule has 1 aliphatic rings. The lowest BCUT2D eigenvalue weighted by atomic mass is 10.1. The highest BCUT2D eigenvalue weighted by Crippen LogP contribution is 2.33. The molecule has 3 aromatic rings. The van der Waals surface area contributed by atoms with Gasteiger partial charge in [0.05, 0.1) is 37.1 Å². The maximum absolute atomic E-state index is 13.1. The van der Waals surface area contributed by atoms with Gasteiger partial charge >= 0.3 is 0 Å². The summed E-state index contributed by atoms with van der Waals surface area (Å²) in [5.41, 5.74) is 5.07. The first kappa shape index (κ1) is 20.2. The van der Waals surface area contributed by atoms with Crippen molar-refractivity contribution >= 4 is 22.5 Å². The number of fused-ring (bicyclic) bond motifs is 1. The van der Waals surface area contributed by atoms with Crippen molar-refractivity contribution in [1.82, 2.24) is 9.78 Å². The van der Waals surface area contributed by atoms with E-state index in [9.17, 15) is 9.00 Å². The van der Waals surface area contributed by atoms with Crippen molar-refractivity contribution in [1.29, 1.82) is 0 Å². The van der Waals surface area contributed by atoms with Crippen LogP contribution in [0.5, 0.6) is 11.5 Å². The lowest BCUT2D eigenvalue weighted by Crippen LogP contribution is -2.17. The van der Waals surface area contributed by atoms with Crippen LogP contribution < -0.4 is 14.8 Å². The highest BCUT2D eigenvalue weighted by atomic mass is 32.2. The third-order valence-corrected chi connectivity index (χ3v) is 6.33. The molecule has 2 aromatic carbocycles. The van der Waals surface area contributed by atoms with Gasteiger partial charge in [-0.1, -0.05) is 17.7 Å². The molecule has 0 spiro atoms. The maximum Gasteiger partial charge on any atom is 0.256 e. The minimum atomic E-state index is -1.00. The van der Waals surface area contributed by atoms with Crippen molar-refractivity contribution in [2.45, 2.75) is 25.4 Å². The first-order chi connectivity index (χ1) is 14.4. The van der Waals surface area contributed by atoms with Crippen molar-refractivity contribution in [2.75, 3.05) is 19.5 Å². The number of ether oxygens (including phenoxy) is 2. The van der Waals surface area contributed by atoms with E-state index < -0.39 is 10.8 Å². The van der Waals surface area contributed by atoms with Gasteiger partial charge in [-0.3, -0.25) is 9.00 Å². The van der Waals surface area contributed by atoms with Crippen LogP contribution in [0.3, 0.4) is 0 Å². The number of aromatic nitrogens is 2. The van der Waals surface area contributed by atoms with Gasteiger partial charge in [0.15, 0.2) is 11.5 Å². The summed E-state index contributed by atoms with van der Waals surface area (Å²) in [6.07, 6.45) is 0. The average Bonchev–Trinajstić information content (AvgIpc) is 3.24. The normalized spacial score (nSPS) is 15.0. The van der Waals surface area contributed by atoms with E-state index in [2.05, 4.69) is 16.5 Å². The summed E-state index contributed by atoms with van der Waals surface area (Å²) in [5.74, 6) is 2.05. The summed E-state index contributed by atoms with van der Waals surface area (Å²) >= 11 is 0. The van der Waals surface area contributed by atoms with E-state index in [4.69, 9.17) is 9.47 Å². The van der Waals surface area contributed by atoms with Crippen LogP contribution in [-0.4, -0.2) is 34.1 Å². The number of methoxy groups -OCH3 is 2. The van der Waals surface area contributed by atoms with Gasteiger partial charge in [-0.15, -0.1) is 0 Å². The summed E-state index contributed by atoms with van der Waals surface area (Å²) in [7, 11) is 2.07. The Morgan fingerprint density at radius 2 is 1.83 bits per heavy atom. The van der Waals surface area contributed by atoms with E-state index in [0.717, 1.165) is 28.1 Å². The number of benzene rings is 2. The molecular weight excluding hydrogens is 402 g/mol. The van der Waals surface area contributed by atoms with Crippen molar-refractivity contribution in [3.8, 4) is 17.2 Å². The molecule has 0 saturated heterocycles. The first-order valence-corrected chi connectivity index (χ1v) is 11.0. The van der Waals surface area contributed by atoms with Crippen molar-refractivity contribution in [3.05, 3.63) is 64.3 Å². The number of carbonyl (C=O) groups is 1. The van der Waals surface area contributed by atoms with Gasteiger partial charge in [0, 0.05) is 21.9 Å². The Morgan fingerprint density at radius 3 is 2.53 bits per heavy atom. The van der Waals surface area contributed by atoms with E-state index in [1.807, 2.05) is 26.0 Å². The third-order valence-electron chi connectivity index (χ3n) is 5.13. The predicted molar refractivity (Wildman–Crippen MR) is 116 cm³/mol. The Morgan fingerprint density at radius 1 is 1.07 bits per heavy atom. The largest absolute Gasteiger partial charge is 0.493 e. The van der Waals surface area contributed by atoms with Gasteiger partial charge in [-0.25, -0.2) is 4.68 Å². The van der Waals surface area contributed by atoms with E-state index in [0.29, 0.717) is 34.4 Å². The zero-order chi connectivity index (χ0) is 21.4. The van der Waals surface area contributed by atoms with E-state index in [-0.39, 0.29) is 5.91 Å². The molecule has 1 unspecified atom stereocenters. The summed E-state index contributed by atoms with van der Waals surface area (Å²) in [6, 6.07) is 11.1. The van der Waals surface area contributed by atoms with Crippen LogP contribution in [0.1, 0.15) is 32.7 Å². The molecule has 0 radical (unpaired) electrons. The number of aryl methyl sites for hydroxylation is 2. The molecule has 30 heavy (non-hydrogen) atoms. The van der Waals surface area contributed by atoms with Gasteiger partial charge in [0.25, 0.3) is 5.91 Å². The molecule has 1 amide bonds. The summed E-state index contributed by atoms with van der Waals surface area (Å²) < 4.78 is 24.4. The first-order valence-electron chi connectivity index (χ1n) is 9.48. The third kappa shape index (κ3) is 3.59. The molecule has 7 nitrogen and oxygen atoms in total. The molecule has 0 bridgehead atoms. The summed E-state index contributed by atoms with van der Waals surface area (Å²) in [6.45, 7) is 4.04. The zero-order valence-electron chi connectivity index (χ0n) is 17.3. The molecule has 4 rings (SSSR count). The Labute approximate surface area is 177 Å². The highest BCUT2D eigenvalue weighted by molar-refractivity contribution is 7.83.